The Bertz CT molecular complexity index is 2710. The number of rotatable bonds is 31. The highest BCUT2D eigenvalue weighted by Gasteiger charge is 2.58. The number of benzene rings is 1. The quantitative estimate of drug-likeness (QED) is 0.0243. The summed E-state index contributed by atoms with van der Waals surface area (Å²) in [4.78, 5) is 65.0. The maximum Gasteiger partial charge on any atom is 0.251 e. The highest BCUT2D eigenvalue weighted by molar-refractivity contribution is 5.94. The molecule has 5 amide bonds. The molecule has 558 valence electrons. The molecule has 0 aromatic heterocycles. The first-order chi connectivity index (χ1) is 46.7. The van der Waals surface area contributed by atoms with E-state index >= 15 is 0 Å². The molecule has 1 aromatic rings. The van der Waals surface area contributed by atoms with Crippen molar-refractivity contribution in [2.75, 3.05) is 39.6 Å². The molecule has 19 N–H and O–H groups in total. The second kappa shape index (κ2) is 37.9. The molecule has 0 radical (unpaired) electrons. The van der Waals surface area contributed by atoms with Crippen molar-refractivity contribution in [3.63, 3.8) is 0 Å². The lowest BCUT2D eigenvalue weighted by Crippen LogP contribution is -2.72. The number of amides is 5. The first-order valence-electron chi connectivity index (χ1n) is 32.8. The number of allylic oxidation sites excluding steroid dienone is 2. The van der Waals surface area contributed by atoms with Crippen molar-refractivity contribution in [2.45, 2.75) is 270 Å². The summed E-state index contributed by atoms with van der Waals surface area (Å²) < 4.78 is 71.9. The van der Waals surface area contributed by atoms with Crippen molar-refractivity contribution in [3.05, 3.63) is 42.0 Å². The van der Waals surface area contributed by atoms with Gasteiger partial charge in [-0.05, 0) is 50.8 Å². The largest absolute Gasteiger partial charge is 0.494 e. The Balaban J connectivity index is 1.07. The fourth-order valence-corrected chi connectivity index (χ4v) is 12.4. The molecule has 1 aromatic carbocycles. The summed E-state index contributed by atoms with van der Waals surface area (Å²) in [7, 11) is 0. The van der Waals surface area contributed by atoms with Gasteiger partial charge in [0.2, 0.25) is 23.6 Å². The van der Waals surface area contributed by atoms with Crippen LogP contribution >= 0.6 is 0 Å². The van der Waals surface area contributed by atoms with Crippen LogP contribution in [0.3, 0.4) is 0 Å². The first-order valence-corrected chi connectivity index (χ1v) is 32.8. The number of carbonyl (C=O) groups is 5. The molecule has 6 fully saturated rings. The zero-order valence-electron chi connectivity index (χ0n) is 55.2. The summed E-state index contributed by atoms with van der Waals surface area (Å²) in [6.07, 6.45) is -33.6. The molecule has 6 aliphatic rings. The van der Waals surface area contributed by atoms with E-state index in [4.69, 9.17) is 56.8 Å². The lowest BCUT2D eigenvalue weighted by atomic mass is 9.93. The zero-order valence-corrected chi connectivity index (χ0v) is 55.2. The van der Waals surface area contributed by atoms with E-state index in [-0.39, 0.29) is 5.56 Å². The van der Waals surface area contributed by atoms with Gasteiger partial charge in [0.1, 0.15) is 146 Å². The number of nitrogens with one attached hydrogen (secondary N) is 5. The van der Waals surface area contributed by atoms with Crippen LogP contribution in [0.4, 0.5) is 0 Å². The molecule has 36 heteroatoms. The van der Waals surface area contributed by atoms with E-state index in [0.29, 0.717) is 18.8 Å². The smallest absolute Gasteiger partial charge is 0.251 e. The summed E-state index contributed by atoms with van der Waals surface area (Å²) in [6, 6.07) is -2.52. The van der Waals surface area contributed by atoms with E-state index in [1.165, 1.54) is 31.9 Å². The number of ether oxygens (including phenoxy) is 12. The predicted molar refractivity (Wildman–Crippen MR) is 328 cm³/mol. The molecule has 0 saturated carbocycles. The lowest BCUT2D eigenvalue weighted by molar-refractivity contribution is -0.368. The van der Waals surface area contributed by atoms with Crippen molar-refractivity contribution >= 4 is 29.5 Å². The molecule has 30 atom stereocenters. The van der Waals surface area contributed by atoms with Gasteiger partial charge in [0.15, 0.2) is 37.7 Å². The van der Waals surface area contributed by atoms with E-state index in [1.54, 1.807) is 12.1 Å². The Hall–Kier alpha value is -4.89. The van der Waals surface area contributed by atoms with Crippen LogP contribution < -0.4 is 31.3 Å². The molecule has 0 spiro atoms. The number of aliphatic hydroxyl groups excluding tert-OH is 14. The summed E-state index contributed by atoms with van der Waals surface area (Å²) in [5.41, 5.74) is 0.0454. The van der Waals surface area contributed by atoms with Crippen molar-refractivity contribution in [1.29, 1.82) is 0 Å². The van der Waals surface area contributed by atoms with Gasteiger partial charge >= 0.3 is 0 Å². The van der Waals surface area contributed by atoms with Gasteiger partial charge in [0, 0.05) is 33.3 Å². The maximum absolute atomic E-state index is 13.9. The Morgan fingerprint density at radius 1 is 0.449 bits per heavy atom. The molecular weight excluding hydrogens is 1310 g/mol. The van der Waals surface area contributed by atoms with Crippen LogP contribution in [0.15, 0.2) is 36.4 Å². The molecular formula is C62H99N5O31. The van der Waals surface area contributed by atoms with Crippen molar-refractivity contribution < 1.29 is 152 Å². The molecule has 14 unspecified atom stereocenters. The van der Waals surface area contributed by atoms with E-state index in [9.17, 15) is 95.5 Å². The Kier molecular flexibility index (Phi) is 31.1. The first kappa shape index (κ1) is 80.4. The third-order valence-corrected chi connectivity index (χ3v) is 17.6. The van der Waals surface area contributed by atoms with Crippen molar-refractivity contribution in [3.8, 4) is 5.75 Å². The Morgan fingerprint density at radius 2 is 0.878 bits per heavy atom. The van der Waals surface area contributed by atoms with Crippen LogP contribution in [0.2, 0.25) is 0 Å². The molecule has 36 nitrogen and oxygen atoms in total. The summed E-state index contributed by atoms with van der Waals surface area (Å²) in [6.45, 7) is 3.29. The summed E-state index contributed by atoms with van der Waals surface area (Å²) in [5, 5.41) is 168. The topological polar surface area (TPSA) is 539 Å². The van der Waals surface area contributed by atoms with Crippen LogP contribution in [0.5, 0.6) is 5.75 Å². The highest BCUT2D eigenvalue weighted by Crippen LogP contribution is 2.37. The van der Waals surface area contributed by atoms with Gasteiger partial charge < -0.3 is 155 Å². The third kappa shape index (κ3) is 20.5. The lowest BCUT2D eigenvalue weighted by Gasteiger charge is -2.51. The van der Waals surface area contributed by atoms with Crippen molar-refractivity contribution in [1.82, 2.24) is 26.6 Å². The number of hydrogen-bond acceptors (Lipinski definition) is 31. The molecule has 6 heterocycles. The predicted octanol–water partition coefficient (Wildman–Crippen LogP) is -7.37. The minimum Gasteiger partial charge on any atom is -0.494 e. The van der Waals surface area contributed by atoms with Gasteiger partial charge in [-0.2, -0.15) is 0 Å². The van der Waals surface area contributed by atoms with E-state index in [0.717, 1.165) is 53.4 Å². The van der Waals surface area contributed by atoms with Crippen LogP contribution in [0, 0.1) is 0 Å². The average Bonchev–Trinajstić information content (AvgIpc) is 0.772. The van der Waals surface area contributed by atoms with Crippen LogP contribution in [0.25, 0.3) is 0 Å². The standard InChI is InChI=1S/C62H99N5O31/c1-7-8-9-10-11-12-13-14-15-19-87-32-18-16-17-31(20-32)56(85)67-39-45(78)44(77)33(21-68)91-58(39)95-52-34(22-69)92-59(40(47(52)80)64-28(4)73)96-53-35(23-70)93-60(41(48(53)81)65-29(5)74)97-54-36(24-71)94-61(42(49(54)82)66-30(6)75)98-55-37(90-57(86)38(46(55)79)63-27(3)72)25-88-62-51(84)50(83)43(76)26(2)89-62/h12-13,16-18,20,26,33-55,57-62,68-71,76-84,86H,7-11,14-15,19,21-25H2,1-6H3,(H,63,72)(H,64,73)(H,65,74)(H,66,75)(H,67,85)/b13-12-/t26?,33?,34-,35?,36-,37?,38-,39-,40?,41-,42?,43?,44+,45+,46+,47?,48+,49?,50-,51+,52+,53?,54+,55?,57?,58?,59-,60-,61?,62+/m0/s1. The van der Waals surface area contributed by atoms with Crippen LogP contribution in [0.1, 0.15) is 96.8 Å². The average molecular weight is 1410 g/mol. The fraction of sp³-hybridized carbons (Fsp3) is 0.790. The number of carbonyl (C=O) groups excluding carboxylic acids is 5. The second-order valence-electron chi connectivity index (χ2n) is 25.1. The second-order valence-corrected chi connectivity index (χ2v) is 25.1. The molecule has 0 bridgehead atoms. The number of unbranched alkanes of at least 4 members (excludes halogenated alkanes) is 5. The van der Waals surface area contributed by atoms with Gasteiger partial charge in [0.05, 0.1) is 45.7 Å². The number of hydrogen-bond donors (Lipinski definition) is 19. The molecule has 6 aliphatic heterocycles. The minimum absolute atomic E-state index is 0.0454. The minimum atomic E-state index is -2.07. The Labute approximate surface area is 564 Å². The number of aliphatic hydroxyl groups is 14. The Morgan fingerprint density at radius 3 is 1.34 bits per heavy atom. The zero-order chi connectivity index (χ0) is 71.8. The molecule has 98 heavy (non-hydrogen) atoms. The highest BCUT2D eigenvalue weighted by atomic mass is 16.8. The fourth-order valence-electron chi connectivity index (χ4n) is 12.4. The maximum atomic E-state index is 13.9. The SMILES string of the molecule is CCCCCC/C=C\CCCOc1cccc(C(=O)N[C@@H]2C(O[C@H]3C(O)C(NC(C)=O)[C@H](OC4C(CO)O[C@@H](O[C@H]5C(O)C(NC(C)=O)C(OC6C(CO[C@@H]7OC(C)C(O)[C@H](O)[C@H]7O)OC(O)[C@@H](NC(C)=O)[C@H]6O)O[C@H]5CO)[C@@H](NC(C)=O)[C@H]4O)O[C@H]3CO)OC(CO)[C@@H](O)[C@@H]2O)c1. The normalized spacial score (nSPS) is 39.9. The molecule has 7 rings (SSSR count). The van der Waals surface area contributed by atoms with Gasteiger partial charge in [-0.1, -0.05) is 44.4 Å². The van der Waals surface area contributed by atoms with E-state index in [1.807, 2.05) is 0 Å². The summed E-state index contributed by atoms with van der Waals surface area (Å²) >= 11 is 0. The van der Waals surface area contributed by atoms with Gasteiger partial charge in [-0.15, -0.1) is 0 Å². The molecule has 0 aliphatic carbocycles. The van der Waals surface area contributed by atoms with E-state index < -0.39 is 246 Å². The van der Waals surface area contributed by atoms with Gasteiger partial charge in [0.25, 0.3) is 5.91 Å². The third-order valence-electron chi connectivity index (χ3n) is 17.6. The van der Waals surface area contributed by atoms with Crippen LogP contribution in [-0.2, 0) is 71.3 Å². The van der Waals surface area contributed by atoms with Crippen LogP contribution in [-0.4, -0.2) is 325 Å². The monoisotopic (exact) mass is 1410 g/mol. The van der Waals surface area contributed by atoms with Gasteiger partial charge in [-0.3, -0.25) is 24.0 Å². The molecule has 6 saturated heterocycles. The summed E-state index contributed by atoms with van der Waals surface area (Å²) in [5.74, 6) is -3.72. The van der Waals surface area contributed by atoms with E-state index in [2.05, 4.69) is 45.7 Å². The van der Waals surface area contributed by atoms with Gasteiger partial charge in [-0.25, -0.2) is 0 Å². The van der Waals surface area contributed by atoms with Crippen molar-refractivity contribution in [2.24, 2.45) is 0 Å².